The van der Waals surface area contributed by atoms with Gasteiger partial charge >= 0.3 is 6.09 Å². The van der Waals surface area contributed by atoms with Crippen molar-refractivity contribution in [3.8, 4) is 5.75 Å². The second kappa shape index (κ2) is 12.2. The van der Waals surface area contributed by atoms with E-state index in [1.807, 2.05) is 0 Å². The Morgan fingerprint density at radius 1 is 1.19 bits per heavy atom. The molecule has 1 aromatic carbocycles. The van der Waals surface area contributed by atoms with Crippen LogP contribution in [0.1, 0.15) is 26.7 Å². The van der Waals surface area contributed by atoms with Crippen molar-refractivity contribution in [2.24, 2.45) is 9.98 Å². The maximum Gasteiger partial charge on any atom is 0.409 e. The molecule has 198 valence electrons. The molecule has 2 fully saturated rings. The number of guanidine groups is 1. The summed E-state index contributed by atoms with van der Waals surface area (Å²) >= 11 is 0. The summed E-state index contributed by atoms with van der Waals surface area (Å²) in [6, 6.07) is 5.15. The van der Waals surface area contributed by atoms with Crippen LogP contribution in [0, 0.1) is 5.82 Å². The van der Waals surface area contributed by atoms with Gasteiger partial charge in [0, 0.05) is 44.8 Å². The zero-order chi connectivity index (χ0) is 25.5. The molecular weight excluding hydrogens is 467 g/mol. The van der Waals surface area contributed by atoms with Crippen LogP contribution in [0.15, 0.2) is 28.2 Å². The van der Waals surface area contributed by atoms with E-state index in [1.54, 1.807) is 35.3 Å². The molecule has 12 heteroatoms. The van der Waals surface area contributed by atoms with Crippen LogP contribution in [0.4, 0.5) is 14.9 Å². The maximum atomic E-state index is 14.3. The van der Waals surface area contributed by atoms with E-state index in [9.17, 15) is 9.18 Å². The third-order valence-electron chi connectivity index (χ3n) is 6.74. The molecular formula is C24H37FN8O3. The predicted octanol–water partition coefficient (Wildman–Crippen LogP) is 1.99. The van der Waals surface area contributed by atoms with Crippen LogP contribution >= 0.6 is 0 Å². The first-order chi connectivity index (χ1) is 17.5. The summed E-state index contributed by atoms with van der Waals surface area (Å²) in [5.74, 6) is 0.341. The Labute approximate surface area is 211 Å². The monoisotopic (exact) mass is 504 g/mol. The molecule has 3 aliphatic rings. The number of benzene rings is 1. The number of rotatable bonds is 8. The van der Waals surface area contributed by atoms with E-state index >= 15 is 0 Å². The van der Waals surface area contributed by atoms with Gasteiger partial charge in [0.25, 0.3) is 0 Å². The van der Waals surface area contributed by atoms with Gasteiger partial charge in [-0.2, -0.15) is 0 Å². The van der Waals surface area contributed by atoms with Gasteiger partial charge in [-0.25, -0.2) is 24.2 Å². The molecule has 4 rings (SSSR count). The van der Waals surface area contributed by atoms with Crippen LogP contribution in [-0.2, 0) is 4.74 Å². The number of anilines is 1. The van der Waals surface area contributed by atoms with E-state index in [0.717, 1.165) is 26.1 Å². The number of carbonyl (C=O) groups excluding carboxylic acids is 1. The molecule has 2 unspecified atom stereocenters. The summed E-state index contributed by atoms with van der Waals surface area (Å²) in [5, 5.41) is 5.30. The molecule has 0 spiro atoms. The molecule has 0 aliphatic carbocycles. The standard InChI is InChI=1S/C24H37FN8O3/c1-4-30-10-6-7-19(30)16-26-23-28-22(31-11-13-32(14-12-31)24(34)36-5-2)27-17-33(23)29-18-8-9-21(35-3)20(25)15-18/h8-9,15,17,19,23,26,29H,4-7,10-14,16H2,1-3H3. The molecule has 1 aromatic rings. The summed E-state index contributed by atoms with van der Waals surface area (Å²) in [5.41, 5.74) is 3.76. The number of nitrogens with zero attached hydrogens (tertiary/aromatic N) is 6. The van der Waals surface area contributed by atoms with Crippen molar-refractivity contribution in [3.05, 3.63) is 24.0 Å². The van der Waals surface area contributed by atoms with Crippen molar-refractivity contribution in [1.82, 2.24) is 25.0 Å². The fraction of sp³-hybridized carbons (Fsp3) is 0.625. The van der Waals surface area contributed by atoms with Gasteiger partial charge in [0.05, 0.1) is 19.4 Å². The Balaban J connectivity index is 1.45. The first-order valence-electron chi connectivity index (χ1n) is 12.7. The molecule has 1 amide bonds. The maximum absolute atomic E-state index is 14.3. The van der Waals surface area contributed by atoms with E-state index in [0.29, 0.717) is 50.5 Å². The molecule has 2 saturated heterocycles. The van der Waals surface area contributed by atoms with Crippen LogP contribution in [0.25, 0.3) is 0 Å². The van der Waals surface area contributed by atoms with Gasteiger partial charge in [0.15, 0.2) is 17.9 Å². The van der Waals surface area contributed by atoms with Crippen LogP contribution in [0.5, 0.6) is 5.75 Å². The molecule has 0 aromatic heterocycles. The number of amides is 1. The quantitative estimate of drug-likeness (QED) is 0.555. The largest absolute Gasteiger partial charge is 0.494 e. The summed E-state index contributed by atoms with van der Waals surface area (Å²) < 4.78 is 24.4. The number of hydrogen-bond acceptors (Lipinski definition) is 10. The third-order valence-corrected chi connectivity index (χ3v) is 6.74. The molecule has 0 radical (unpaired) electrons. The fourth-order valence-electron chi connectivity index (χ4n) is 4.75. The Bertz CT molecular complexity index is 953. The Morgan fingerprint density at radius 2 is 2.00 bits per heavy atom. The first-order valence-corrected chi connectivity index (χ1v) is 12.7. The van der Waals surface area contributed by atoms with Crippen molar-refractivity contribution in [1.29, 1.82) is 0 Å². The van der Waals surface area contributed by atoms with E-state index in [2.05, 4.69) is 32.5 Å². The molecule has 2 N–H and O–H groups in total. The lowest BCUT2D eigenvalue weighted by Crippen LogP contribution is -2.55. The lowest BCUT2D eigenvalue weighted by molar-refractivity contribution is 0.0915. The number of likely N-dealkylation sites (tertiary alicyclic amines) is 1. The Kier molecular flexibility index (Phi) is 8.81. The van der Waals surface area contributed by atoms with E-state index in [1.165, 1.54) is 19.6 Å². The zero-order valence-corrected chi connectivity index (χ0v) is 21.3. The van der Waals surface area contributed by atoms with Crippen molar-refractivity contribution >= 4 is 24.1 Å². The minimum absolute atomic E-state index is 0.186. The lowest BCUT2D eigenvalue weighted by atomic mass is 10.2. The number of hydrazine groups is 1. The minimum Gasteiger partial charge on any atom is -0.494 e. The Hall–Kier alpha value is -3.12. The first kappa shape index (κ1) is 26.0. The van der Waals surface area contributed by atoms with Crippen molar-refractivity contribution in [2.75, 3.05) is 65.0 Å². The van der Waals surface area contributed by atoms with E-state index in [-0.39, 0.29) is 11.8 Å². The van der Waals surface area contributed by atoms with Crippen molar-refractivity contribution in [3.63, 3.8) is 0 Å². The van der Waals surface area contributed by atoms with Gasteiger partial charge in [-0.15, -0.1) is 0 Å². The highest BCUT2D eigenvalue weighted by Crippen LogP contribution is 2.22. The van der Waals surface area contributed by atoms with Gasteiger partial charge in [-0.05, 0) is 45.0 Å². The van der Waals surface area contributed by atoms with Gasteiger partial charge in [-0.1, -0.05) is 6.92 Å². The predicted molar refractivity (Wildman–Crippen MR) is 137 cm³/mol. The molecule has 3 heterocycles. The smallest absolute Gasteiger partial charge is 0.409 e. The van der Waals surface area contributed by atoms with Gasteiger partial charge in [0.2, 0.25) is 5.96 Å². The molecule has 11 nitrogen and oxygen atoms in total. The average Bonchev–Trinajstić information content (AvgIpc) is 3.36. The number of carbonyl (C=O) groups is 1. The number of aliphatic imine (C=N–C) groups is 2. The van der Waals surface area contributed by atoms with Crippen LogP contribution in [0.3, 0.4) is 0 Å². The third kappa shape index (κ3) is 6.16. The lowest BCUT2D eigenvalue weighted by Gasteiger charge is -2.38. The van der Waals surface area contributed by atoms with Crippen molar-refractivity contribution in [2.45, 2.75) is 39.0 Å². The number of methoxy groups -OCH3 is 1. The van der Waals surface area contributed by atoms with Gasteiger partial charge in [0.1, 0.15) is 6.34 Å². The van der Waals surface area contributed by atoms with Crippen LogP contribution < -0.4 is 15.5 Å². The number of hydrogen-bond donors (Lipinski definition) is 2. The minimum atomic E-state index is -0.450. The molecule has 2 atom stereocenters. The number of nitrogens with one attached hydrogen (secondary N) is 2. The fourth-order valence-corrected chi connectivity index (χ4v) is 4.75. The topological polar surface area (TPSA) is 97.3 Å². The summed E-state index contributed by atoms with van der Waals surface area (Å²) in [6.45, 7) is 9.58. The number of ether oxygens (including phenoxy) is 2. The zero-order valence-electron chi connectivity index (χ0n) is 21.3. The normalized spacial score (nSPS) is 22.6. The molecule has 3 aliphatic heterocycles. The second-order valence-corrected chi connectivity index (χ2v) is 8.92. The number of likely N-dealkylation sites (N-methyl/N-ethyl adjacent to an activating group) is 1. The summed E-state index contributed by atoms with van der Waals surface area (Å²) in [4.78, 5) is 27.7. The van der Waals surface area contributed by atoms with Gasteiger partial charge in [-0.3, -0.25) is 15.6 Å². The SMILES string of the molecule is CCOC(=O)N1CCN(C2=NC(NCC3CCCN3CC)N(Nc3ccc(OC)c(F)c3)C=N2)CC1. The summed E-state index contributed by atoms with van der Waals surface area (Å²) in [7, 11) is 1.44. The van der Waals surface area contributed by atoms with E-state index < -0.39 is 12.1 Å². The highest BCUT2D eigenvalue weighted by atomic mass is 19.1. The molecule has 0 bridgehead atoms. The molecule has 36 heavy (non-hydrogen) atoms. The second-order valence-electron chi connectivity index (χ2n) is 8.92. The van der Waals surface area contributed by atoms with E-state index in [4.69, 9.17) is 14.5 Å². The Morgan fingerprint density at radius 3 is 2.69 bits per heavy atom. The average molecular weight is 505 g/mol. The highest BCUT2D eigenvalue weighted by molar-refractivity contribution is 5.89. The van der Waals surface area contributed by atoms with Crippen LogP contribution in [-0.4, -0.2) is 110 Å². The number of halogens is 1. The van der Waals surface area contributed by atoms with Gasteiger partial charge < -0.3 is 19.3 Å². The van der Waals surface area contributed by atoms with Crippen LogP contribution in [0.2, 0.25) is 0 Å². The highest BCUT2D eigenvalue weighted by Gasteiger charge is 2.29. The molecule has 0 saturated carbocycles. The summed E-state index contributed by atoms with van der Waals surface area (Å²) in [6.07, 6.45) is 3.28. The number of piperazine rings is 1. The van der Waals surface area contributed by atoms with Crippen molar-refractivity contribution < 1.29 is 18.7 Å².